The van der Waals surface area contributed by atoms with E-state index in [9.17, 15) is 4.79 Å². The van der Waals surface area contributed by atoms with Gasteiger partial charge >= 0.3 is 0 Å². The summed E-state index contributed by atoms with van der Waals surface area (Å²) in [5, 5.41) is 7.51. The Morgan fingerprint density at radius 2 is 2.00 bits per heavy atom. The normalized spacial score (nSPS) is 14.1. The van der Waals surface area contributed by atoms with Crippen LogP contribution in [-0.4, -0.2) is 38.3 Å². The smallest absolute Gasteiger partial charge is 0.257 e. The maximum Gasteiger partial charge on any atom is 0.257 e. The van der Waals surface area contributed by atoms with Gasteiger partial charge in [0.25, 0.3) is 5.91 Å². The van der Waals surface area contributed by atoms with Gasteiger partial charge in [0.05, 0.1) is 17.2 Å². The monoisotopic (exact) mass is 439 g/mol. The molecule has 0 saturated heterocycles. The summed E-state index contributed by atoms with van der Waals surface area (Å²) in [4.78, 5) is 26.7. The van der Waals surface area contributed by atoms with Gasteiger partial charge in [-0.3, -0.25) is 9.78 Å². The molecule has 4 aromatic rings. The Morgan fingerprint density at radius 3 is 2.76 bits per heavy atom. The van der Waals surface area contributed by atoms with Crippen molar-refractivity contribution in [3.63, 3.8) is 0 Å². The lowest BCUT2D eigenvalue weighted by atomic mass is 9.97. The highest BCUT2D eigenvalue weighted by molar-refractivity contribution is 6.10. The highest BCUT2D eigenvalue weighted by Gasteiger charge is 2.24. The van der Waals surface area contributed by atoms with Crippen molar-refractivity contribution in [3.8, 4) is 0 Å². The third kappa shape index (κ3) is 4.32. The number of nitrogens with one attached hydrogen (secondary N) is 1. The van der Waals surface area contributed by atoms with Crippen LogP contribution in [0.4, 0.5) is 5.82 Å². The van der Waals surface area contributed by atoms with E-state index < -0.39 is 0 Å². The van der Waals surface area contributed by atoms with Crippen molar-refractivity contribution < 1.29 is 4.79 Å². The van der Waals surface area contributed by atoms with Crippen LogP contribution in [0, 0.1) is 0 Å². The maximum atomic E-state index is 13.2. The number of para-hydroxylation sites is 2. The highest BCUT2D eigenvalue weighted by atomic mass is 16.1. The van der Waals surface area contributed by atoms with Crippen molar-refractivity contribution >= 4 is 40.1 Å². The van der Waals surface area contributed by atoms with Gasteiger partial charge in [-0.25, -0.2) is 9.97 Å². The minimum absolute atomic E-state index is 0.204. The molecule has 1 aromatic carbocycles. The van der Waals surface area contributed by atoms with E-state index in [4.69, 9.17) is 15.7 Å². The Labute approximate surface area is 191 Å². The predicted molar refractivity (Wildman–Crippen MR) is 130 cm³/mol. The first-order valence-corrected chi connectivity index (χ1v) is 11.2. The summed E-state index contributed by atoms with van der Waals surface area (Å²) in [6.45, 7) is 0.552. The molecule has 0 atom stereocenters. The largest absolute Gasteiger partial charge is 0.383 e. The van der Waals surface area contributed by atoms with Gasteiger partial charge in [-0.2, -0.15) is 9.78 Å². The number of fused-ring (bicyclic) bond motifs is 2. The van der Waals surface area contributed by atoms with E-state index >= 15 is 0 Å². The van der Waals surface area contributed by atoms with Gasteiger partial charge in [-0.15, -0.1) is 0 Å². The van der Waals surface area contributed by atoms with Crippen LogP contribution in [0.25, 0.3) is 22.2 Å². The molecule has 1 aliphatic rings. The zero-order valence-electron chi connectivity index (χ0n) is 18.2. The second kappa shape index (κ2) is 9.20. The summed E-state index contributed by atoms with van der Waals surface area (Å²) in [5.74, 6) is -0.0661. The summed E-state index contributed by atoms with van der Waals surface area (Å²) in [6.07, 6.45) is 12.9. The lowest BCUT2D eigenvalue weighted by Crippen LogP contribution is -2.25. The van der Waals surface area contributed by atoms with Crippen molar-refractivity contribution in [2.75, 3.05) is 12.3 Å². The standard InChI is InChI=1S/C25H25N7O/c26-23-21(25(33)28-14-12-17-7-2-1-3-8-17)22-24(31-20-11-5-4-10-19(20)30-22)32(23)29-16-18-9-6-13-27-15-18/h4-7,9-11,13,15-16H,1-3,8,12,14,26H2,(H,28,33)/b29-16+. The Balaban J connectivity index is 1.52. The van der Waals surface area contributed by atoms with E-state index in [1.807, 2.05) is 36.4 Å². The Bertz CT molecular complexity index is 1370. The van der Waals surface area contributed by atoms with Gasteiger partial charge in [-0.1, -0.05) is 29.8 Å². The third-order valence-electron chi connectivity index (χ3n) is 5.82. The van der Waals surface area contributed by atoms with Gasteiger partial charge in [0, 0.05) is 24.5 Å². The molecule has 33 heavy (non-hydrogen) atoms. The SMILES string of the molecule is Nc1c(C(=O)NCCC2=CCCCC2)c2nc3ccccc3nc2n1/N=C/c1cccnc1. The molecular formula is C25H25N7O. The molecule has 3 aromatic heterocycles. The van der Waals surface area contributed by atoms with Crippen molar-refractivity contribution in [1.82, 2.24) is 24.9 Å². The number of amides is 1. The van der Waals surface area contributed by atoms with Crippen molar-refractivity contribution in [2.24, 2.45) is 5.10 Å². The minimum Gasteiger partial charge on any atom is -0.383 e. The quantitative estimate of drug-likeness (QED) is 0.348. The van der Waals surface area contributed by atoms with Crippen LogP contribution in [0.5, 0.6) is 0 Å². The number of nitrogens with two attached hydrogens (primary N) is 1. The van der Waals surface area contributed by atoms with Crippen LogP contribution in [0.15, 0.2) is 65.5 Å². The summed E-state index contributed by atoms with van der Waals surface area (Å²) in [6, 6.07) is 11.2. The van der Waals surface area contributed by atoms with Crippen LogP contribution in [0.1, 0.15) is 48.0 Å². The molecule has 8 nitrogen and oxygen atoms in total. The second-order valence-corrected chi connectivity index (χ2v) is 8.10. The van der Waals surface area contributed by atoms with Crippen LogP contribution >= 0.6 is 0 Å². The molecule has 8 heteroatoms. The van der Waals surface area contributed by atoms with E-state index in [0.29, 0.717) is 34.3 Å². The van der Waals surface area contributed by atoms with E-state index in [1.165, 1.54) is 23.1 Å². The van der Waals surface area contributed by atoms with Crippen LogP contribution in [0.3, 0.4) is 0 Å². The first-order valence-electron chi connectivity index (χ1n) is 11.2. The number of hydrogen-bond acceptors (Lipinski definition) is 6. The Morgan fingerprint density at radius 1 is 1.15 bits per heavy atom. The first kappa shape index (κ1) is 20.8. The van der Waals surface area contributed by atoms with E-state index in [0.717, 1.165) is 24.8 Å². The van der Waals surface area contributed by atoms with Gasteiger partial charge in [0.1, 0.15) is 16.9 Å². The number of carbonyl (C=O) groups excluding carboxylic acids is 1. The summed E-state index contributed by atoms with van der Waals surface area (Å²) in [5.41, 5.74) is 11.2. The average molecular weight is 440 g/mol. The van der Waals surface area contributed by atoms with Crippen LogP contribution < -0.4 is 11.1 Å². The number of aromatic nitrogens is 4. The second-order valence-electron chi connectivity index (χ2n) is 8.10. The molecule has 166 valence electrons. The maximum absolute atomic E-state index is 13.2. The van der Waals surface area contributed by atoms with Gasteiger partial charge < -0.3 is 11.1 Å². The number of hydrogen-bond donors (Lipinski definition) is 2. The number of carbonyl (C=O) groups is 1. The molecule has 0 spiro atoms. The number of benzene rings is 1. The van der Waals surface area contributed by atoms with E-state index in [-0.39, 0.29) is 11.7 Å². The molecule has 0 aliphatic heterocycles. The van der Waals surface area contributed by atoms with Crippen molar-refractivity contribution in [1.29, 1.82) is 0 Å². The van der Waals surface area contributed by atoms with Crippen molar-refractivity contribution in [2.45, 2.75) is 32.1 Å². The van der Waals surface area contributed by atoms with Gasteiger partial charge in [0.2, 0.25) is 0 Å². The number of pyridine rings is 1. The van der Waals surface area contributed by atoms with E-state index in [1.54, 1.807) is 18.6 Å². The molecule has 5 rings (SSSR count). The zero-order valence-corrected chi connectivity index (χ0v) is 18.2. The molecule has 0 unspecified atom stereocenters. The van der Waals surface area contributed by atoms with Gasteiger partial charge in [-0.05, 0) is 50.3 Å². The molecule has 1 aliphatic carbocycles. The number of anilines is 1. The average Bonchev–Trinajstić information content (AvgIpc) is 3.12. The molecule has 0 saturated carbocycles. The van der Waals surface area contributed by atoms with Gasteiger partial charge in [0.15, 0.2) is 5.65 Å². The molecule has 3 heterocycles. The third-order valence-corrected chi connectivity index (χ3v) is 5.82. The lowest BCUT2D eigenvalue weighted by Gasteiger charge is -2.12. The summed E-state index contributed by atoms with van der Waals surface area (Å²) >= 11 is 0. The number of nitrogen functional groups attached to an aromatic ring is 1. The number of rotatable bonds is 6. The fraction of sp³-hybridized carbons (Fsp3) is 0.240. The fourth-order valence-corrected chi connectivity index (χ4v) is 4.12. The Kier molecular flexibility index (Phi) is 5.80. The number of allylic oxidation sites excluding steroid dienone is 1. The molecule has 3 N–H and O–H groups in total. The van der Waals surface area contributed by atoms with Crippen molar-refractivity contribution in [3.05, 3.63) is 71.6 Å². The Hall–Kier alpha value is -4.07. The minimum atomic E-state index is -0.270. The number of nitrogens with zero attached hydrogens (tertiary/aromatic N) is 5. The van der Waals surface area contributed by atoms with E-state index in [2.05, 4.69) is 21.5 Å². The summed E-state index contributed by atoms with van der Waals surface area (Å²) < 4.78 is 1.47. The van der Waals surface area contributed by atoms with Crippen LogP contribution in [0.2, 0.25) is 0 Å². The molecular weight excluding hydrogens is 414 g/mol. The molecule has 1 amide bonds. The zero-order chi connectivity index (χ0) is 22.6. The predicted octanol–water partition coefficient (Wildman–Crippen LogP) is 4.06. The molecule has 0 radical (unpaired) electrons. The lowest BCUT2D eigenvalue weighted by molar-refractivity contribution is 0.0956. The topological polar surface area (TPSA) is 111 Å². The summed E-state index contributed by atoms with van der Waals surface area (Å²) in [7, 11) is 0. The molecule has 0 bridgehead atoms. The van der Waals surface area contributed by atoms with Crippen LogP contribution in [-0.2, 0) is 0 Å². The molecule has 0 fully saturated rings. The highest BCUT2D eigenvalue weighted by Crippen LogP contribution is 2.28. The first-order chi connectivity index (χ1) is 16.2. The fourth-order valence-electron chi connectivity index (χ4n) is 4.12.